The third-order valence-electron chi connectivity index (χ3n) is 4.21. The molecule has 1 atom stereocenters. The SMILES string of the molecule is CCc1ccc(N[C@H]2NC(=O)/C(=C/c3cc(OC)c(OC(C)=O)cc3Br)S2)cc1. The summed E-state index contributed by atoms with van der Waals surface area (Å²) in [6.45, 7) is 3.43. The lowest BCUT2D eigenvalue weighted by molar-refractivity contribution is -0.132. The summed E-state index contributed by atoms with van der Waals surface area (Å²) in [5, 5.41) is 6.22. The normalized spacial score (nSPS) is 17.2. The highest BCUT2D eigenvalue weighted by Gasteiger charge is 2.27. The Kier molecular flexibility index (Phi) is 6.87. The zero-order chi connectivity index (χ0) is 21.0. The summed E-state index contributed by atoms with van der Waals surface area (Å²) < 4.78 is 11.1. The van der Waals surface area contributed by atoms with E-state index in [1.807, 2.05) is 12.1 Å². The molecule has 1 aliphatic heterocycles. The van der Waals surface area contributed by atoms with Gasteiger partial charge in [-0.05, 0) is 47.9 Å². The van der Waals surface area contributed by atoms with Crippen LogP contribution >= 0.6 is 27.7 Å². The molecular formula is C21H21BrN2O4S. The Labute approximate surface area is 182 Å². The fourth-order valence-corrected chi connectivity index (χ4v) is 4.16. The predicted octanol–water partition coefficient (Wildman–Crippen LogP) is 4.55. The van der Waals surface area contributed by atoms with Crippen LogP contribution in [0.4, 0.5) is 5.69 Å². The number of benzene rings is 2. The maximum absolute atomic E-state index is 12.4. The van der Waals surface area contributed by atoms with Crippen molar-refractivity contribution in [2.75, 3.05) is 12.4 Å². The van der Waals surface area contributed by atoms with E-state index in [-0.39, 0.29) is 11.4 Å². The number of amides is 1. The summed E-state index contributed by atoms with van der Waals surface area (Å²) in [6.07, 6.45) is 2.75. The first-order valence-corrected chi connectivity index (χ1v) is 10.7. The van der Waals surface area contributed by atoms with Crippen LogP contribution in [0.5, 0.6) is 11.5 Å². The molecule has 1 saturated heterocycles. The molecule has 0 radical (unpaired) electrons. The van der Waals surface area contributed by atoms with Crippen LogP contribution in [0.15, 0.2) is 45.8 Å². The molecule has 1 aliphatic rings. The highest BCUT2D eigenvalue weighted by molar-refractivity contribution is 9.10. The van der Waals surface area contributed by atoms with E-state index in [0.29, 0.717) is 20.9 Å². The number of rotatable bonds is 6. The molecule has 0 saturated carbocycles. The molecule has 2 aromatic rings. The van der Waals surface area contributed by atoms with Crippen molar-refractivity contribution in [3.63, 3.8) is 0 Å². The lowest BCUT2D eigenvalue weighted by Crippen LogP contribution is -2.30. The summed E-state index contributed by atoms with van der Waals surface area (Å²) >= 11 is 4.86. The van der Waals surface area contributed by atoms with Crippen LogP contribution in [-0.2, 0) is 16.0 Å². The van der Waals surface area contributed by atoms with Crippen molar-refractivity contribution in [2.45, 2.75) is 25.8 Å². The van der Waals surface area contributed by atoms with Crippen molar-refractivity contribution in [3.8, 4) is 11.5 Å². The standard InChI is InChI=1S/C21H21BrN2O4S/c1-4-13-5-7-15(8-6-13)23-21-24-20(26)19(29-21)10-14-9-17(27-3)18(11-16(14)22)28-12(2)25/h5-11,21,23H,4H2,1-3H3,(H,24,26)/b19-10-/t21-/m0/s1. The van der Waals surface area contributed by atoms with E-state index in [9.17, 15) is 9.59 Å². The van der Waals surface area contributed by atoms with Crippen LogP contribution in [0.25, 0.3) is 6.08 Å². The largest absolute Gasteiger partial charge is 0.493 e. The molecule has 0 spiro atoms. The van der Waals surface area contributed by atoms with Gasteiger partial charge in [0.05, 0.1) is 12.0 Å². The minimum atomic E-state index is -0.437. The number of hydrogen-bond acceptors (Lipinski definition) is 6. The number of aryl methyl sites for hydroxylation is 1. The van der Waals surface area contributed by atoms with Gasteiger partial charge in [0.2, 0.25) is 0 Å². The van der Waals surface area contributed by atoms with Gasteiger partial charge in [0.1, 0.15) is 0 Å². The number of thioether (sulfide) groups is 1. The topological polar surface area (TPSA) is 76.7 Å². The molecule has 152 valence electrons. The van der Waals surface area contributed by atoms with Crippen molar-refractivity contribution in [3.05, 3.63) is 56.9 Å². The molecule has 1 fully saturated rings. The van der Waals surface area contributed by atoms with Gasteiger partial charge in [0.25, 0.3) is 5.91 Å². The summed E-state index contributed by atoms with van der Waals surface area (Å²) in [5.74, 6) is 0.123. The van der Waals surface area contributed by atoms with Crippen LogP contribution in [0.2, 0.25) is 0 Å². The monoisotopic (exact) mass is 476 g/mol. The van der Waals surface area contributed by atoms with E-state index in [1.54, 1.807) is 18.2 Å². The molecule has 6 nitrogen and oxygen atoms in total. The summed E-state index contributed by atoms with van der Waals surface area (Å²) in [7, 11) is 1.49. The second-order valence-electron chi connectivity index (χ2n) is 6.29. The fourth-order valence-electron chi connectivity index (χ4n) is 2.75. The van der Waals surface area contributed by atoms with Gasteiger partial charge in [-0.2, -0.15) is 0 Å². The zero-order valence-electron chi connectivity index (χ0n) is 16.2. The van der Waals surface area contributed by atoms with Crippen LogP contribution in [0, 0.1) is 0 Å². The Hall–Kier alpha value is -2.45. The first-order valence-electron chi connectivity index (χ1n) is 9.00. The predicted molar refractivity (Wildman–Crippen MR) is 119 cm³/mol. The number of esters is 1. The van der Waals surface area contributed by atoms with Crippen LogP contribution < -0.4 is 20.1 Å². The van der Waals surface area contributed by atoms with Crippen molar-refractivity contribution in [2.24, 2.45) is 0 Å². The Morgan fingerprint density at radius 3 is 2.62 bits per heavy atom. The highest BCUT2D eigenvalue weighted by Crippen LogP contribution is 2.37. The van der Waals surface area contributed by atoms with E-state index >= 15 is 0 Å². The van der Waals surface area contributed by atoms with E-state index in [4.69, 9.17) is 9.47 Å². The minimum Gasteiger partial charge on any atom is -0.493 e. The van der Waals surface area contributed by atoms with Crippen molar-refractivity contribution < 1.29 is 19.1 Å². The molecule has 0 aliphatic carbocycles. The minimum absolute atomic E-state index is 0.160. The summed E-state index contributed by atoms with van der Waals surface area (Å²) in [6, 6.07) is 11.5. The number of nitrogens with one attached hydrogen (secondary N) is 2. The highest BCUT2D eigenvalue weighted by atomic mass is 79.9. The van der Waals surface area contributed by atoms with E-state index < -0.39 is 5.97 Å². The average molecular weight is 477 g/mol. The van der Waals surface area contributed by atoms with Crippen molar-refractivity contribution in [1.82, 2.24) is 5.32 Å². The number of carbonyl (C=O) groups is 2. The smallest absolute Gasteiger partial charge is 0.308 e. The number of methoxy groups -OCH3 is 1. The van der Waals surface area contributed by atoms with Crippen molar-refractivity contribution in [1.29, 1.82) is 0 Å². The molecule has 2 N–H and O–H groups in total. The van der Waals surface area contributed by atoms with Crippen LogP contribution in [0.3, 0.4) is 0 Å². The Bertz CT molecular complexity index is 960. The fraction of sp³-hybridized carbons (Fsp3) is 0.238. The van der Waals surface area contributed by atoms with Gasteiger partial charge >= 0.3 is 5.97 Å². The molecule has 2 aromatic carbocycles. The number of anilines is 1. The molecule has 3 rings (SSSR count). The molecule has 0 unspecified atom stereocenters. The van der Waals surface area contributed by atoms with Gasteiger partial charge in [0.15, 0.2) is 17.0 Å². The van der Waals surface area contributed by atoms with Crippen molar-refractivity contribution >= 4 is 51.3 Å². The molecular weight excluding hydrogens is 456 g/mol. The quantitative estimate of drug-likeness (QED) is 0.361. The van der Waals surface area contributed by atoms with Gasteiger partial charge in [-0.3, -0.25) is 9.59 Å². The molecule has 0 bridgehead atoms. The molecule has 1 heterocycles. The third-order valence-corrected chi connectivity index (χ3v) is 5.93. The maximum atomic E-state index is 12.4. The summed E-state index contributed by atoms with van der Waals surface area (Å²) in [5.41, 5.74) is 2.68. The number of ether oxygens (including phenoxy) is 2. The van der Waals surface area contributed by atoms with Gasteiger partial charge in [-0.25, -0.2) is 0 Å². The number of halogens is 1. The third kappa shape index (κ3) is 5.33. The first kappa shape index (κ1) is 21.3. The van der Waals surface area contributed by atoms with E-state index in [2.05, 4.69) is 45.6 Å². The molecule has 29 heavy (non-hydrogen) atoms. The number of hydrogen-bond donors (Lipinski definition) is 2. The van der Waals surface area contributed by atoms with E-state index in [0.717, 1.165) is 17.7 Å². The lowest BCUT2D eigenvalue weighted by atomic mass is 10.1. The van der Waals surface area contributed by atoms with Crippen LogP contribution in [0.1, 0.15) is 25.0 Å². The van der Waals surface area contributed by atoms with Gasteiger partial charge in [-0.1, -0.05) is 46.7 Å². The van der Waals surface area contributed by atoms with Gasteiger partial charge in [0, 0.05) is 17.1 Å². The van der Waals surface area contributed by atoms with E-state index in [1.165, 1.54) is 31.4 Å². The Morgan fingerprint density at radius 2 is 2.00 bits per heavy atom. The molecule has 1 amide bonds. The van der Waals surface area contributed by atoms with Crippen LogP contribution in [-0.4, -0.2) is 24.5 Å². The maximum Gasteiger partial charge on any atom is 0.308 e. The lowest BCUT2D eigenvalue weighted by Gasteiger charge is -2.13. The second kappa shape index (κ2) is 9.37. The average Bonchev–Trinajstić information content (AvgIpc) is 3.02. The van der Waals surface area contributed by atoms with Gasteiger partial charge in [-0.15, -0.1) is 0 Å². The zero-order valence-corrected chi connectivity index (χ0v) is 18.6. The number of carbonyl (C=O) groups excluding carboxylic acids is 2. The first-order chi connectivity index (χ1) is 13.9. The second-order valence-corrected chi connectivity index (χ2v) is 8.29. The molecule has 0 aromatic heterocycles. The Balaban J connectivity index is 1.77. The molecule has 8 heteroatoms. The summed E-state index contributed by atoms with van der Waals surface area (Å²) in [4.78, 5) is 24.2. The van der Waals surface area contributed by atoms with Gasteiger partial charge < -0.3 is 20.1 Å². The Morgan fingerprint density at radius 1 is 1.28 bits per heavy atom.